The van der Waals surface area contributed by atoms with E-state index in [1.54, 1.807) is 24.2 Å². The molecule has 5 heteroatoms. The van der Waals surface area contributed by atoms with Gasteiger partial charge in [-0.25, -0.2) is 4.98 Å². The van der Waals surface area contributed by atoms with Gasteiger partial charge in [-0.1, -0.05) is 0 Å². The van der Waals surface area contributed by atoms with Crippen LogP contribution in [0.5, 0.6) is 0 Å². The summed E-state index contributed by atoms with van der Waals surface area (Å²) in [6, 6.07) is 3.52. The fraction of sp³-hybridized carbons (Fsp3) is 0.500. The molecule has 0 aliphatic carbocycles. The number of aromatic nitrogens is 1. The summed E-state index contributed by atoms with van der Waals surface area (Å²) < 4.78 is 0. The van der Waals surface area contributed by atoms with Crippen LogP contribution in [0.15, 0.2) is 18.3 Å². The number of aliphatic hydroxyl groups is 1. The number of β-amino-alcohol motifs (C(OH)–C–C–N with tert-alkyl or cyclic N) is 1. The molecule has 2 rings (SSSR count). The normalized spacial score (nSPS) is 20.1. The van der Waals surface area contributed by atoms with Crippen LogP contribution in [0.2, 0.25) is 0 Å². The summed E-state index contributed by atoms with van der Waals surface area (Å²) >= 11 is 0. The number of rotatable bonds is 2. The van der Waals surface area contributed by atoms with Crippen molar-refractivity contribution in [3.05, 3.63) is 24.0 Å². The molecule has 1 unspecified atom stereocenters. The lowest BCUT2D eigenvalue weighted by atomic mass is 10.1. The lowest BCUT2D eigenvalue weighted by molar-refractivity contribution is 0.0469. The number of amides is 1. The van der Waals surface area contributed by atoms with Gasteiger partial charge in [-0.05, 0) is 25.0 Å². The van der Waals surface area contributed by atoms with Gasteiger partial charge in [0, 0.05) is 20.1 Å². The SMILES string of the molecule is CNc1ccc(C(=O)N2CCCC(O)C2)nc1. The van der Waals surface area contributed by atoms with Gasteiger partial charge in [0.15, 0.2) is 0 Å². The van der Waals surface area contributed by atoms with Gasteiger partial charge in [0.2, 0.25) is 0 Å². The van der Waals surface area contributed by atoms with Crippen molar-refractivity contribution in [1.82, 2.24) is 9.88 Å². The van der Waals surface area contributed by atoms with Crippen LogP contribution >= 0.6 is 0 Å². The molecule has 1 fully saturated rings. The van der Waals surface area contributed by atoms with Crippen molar-refractivity contribution in [2.24, 2.45) is 0 Å². The minimum Gasteiger partial charge on any atom is -0.391 e. The molecule has 1 saturated heterocycles. The van der Waals surface area contributed by atoms with E-state index in [0.29, 0.717) is 18.8 Å². The average Bonchev–Trinajstić information content (AvgIpc) is 2.38. The van der Waals surface area contributed by atoms with Crippen LogP contribution in [-0.4, -0.2) is 47.1 Å². The molecule has 0 bridgehead atoms. The smallest absolute Gasteiger partial charge is 0.272 e. The second-order valence-corrected chi connectivity index (χ2v) is 4.23. The van der Waals surface area contributed by atoms with Gasteiger partial charge >= 0.3 is 0 Å². The molecule has 2 N–H and O–H groups in total. The third-order valence-electron chi connectivity index (χ3n) is 2.96. The molecule has 0 radical (unpaired) electrons. The number of hydrogen-bond donors (Lipinski definition) is 2. The molecule has 1 aromatic rings. The number of anilines is 1. The maximum atomic E-state index is 12.1. The van der Waals surface area contributed by atoms with Gasteiger partial charge in [-0.3, -0.25) is 4.79 Å². The molecule has 0 spiro atoms. The Morgan fingerprint density at radius 1 is 1.59 bits per heavy atom. The van der Waals surface area contributed by atoms with Crippen LogP contribution in [-0.2, 0) is 0 Å². The molecule has 17 heavy (non-hydrogen) atoms. The van der Waals surface area contributed by atoms with E-state index in [1.165, 1.54) is 0 Å². The minimum atomic E-state index is -0.399. The predicted molar refractivity (Wildman–Crippen MR) is 64.9 cm³/mol. The van der Waals surface area contributed by atoms with Crippen LogP contribution < -0.4 is 5.32 Å². The van der Waals surface area contributed by atoms with Crippen molar-refractivity contribution < 1.29 is 9.90 Å². The first kappa shape index (κ1) is 11.9. The van der Waals surface area contributed by atoms with E-state index in [1.807, 2.05) is 6.07 Å². The highest BCUT2D eigenvalue weighted by atomic mass is 16.3. The molecule has 1 aliphatic heterocycles. The van der Waals surface area contributed by atoms with Gasteiger partial charge in [0.25, 0.3) is 5.91 Å². The number of nitrogens with zero attached hydrogens (tertiary/aromatic N) is 2. The van der Waals surface area contributed by atoms with Crippen molar-refractivity contribution >= 4 is 11.6 Å². The highest BCUT2D eigenvalue weighted by Crippen LogP contribution is 2.13. The Bertz CT molecular complexity index is 391. The first-order valence-electron chi connectivity index (χ1n) is 5.82. The second-order valence-electron chi connectivity index (χ2n) is 4.23. The Morgan fingerprint density at radius 3 is 3.00 bits per heavy atom. The average molecular weight is 235 g/mol. The molecule has 0 aromatic carbocycles. The number of nitrogens with one attached hydrogen (secondary N) is 1. The lowest BCUT2D eigenvalue weighted by Gasteiger charge is -2.29. The van der Waals surface area contributed by atoms with Crippen molar-refractivity contribution in [2.45, 2.75) is 18.9 Å². The number of aliphatic hydroxyl groups excluding tert-OH is 1. The number of likely N-dealkylation sites (tertiary alicyclic amines) is 1. The fourth-order valence-electron chi connectivity index (χ4n) is 1.97. The summed E-state index contributed by atoms with van der Waals surface area (Å²) in [6.07, 6.45) is 2.86. The minimum absolute atomic E-state index is 0.105. The van der Waals surface area contributed by atoms with E-state index in [9.17, 15) is 9.90 Å². The lowest BCUT2D eigenvalue weighted by Crippen LogP contribution is -2.42. The molecule has 92 valence electrons. The standard InChI is InChI=1S/C12H17N3O2/c1-13-9-4-5-11(14-7-9)12(17)15-6-2-3-10(16)8-15/h4-5,7,10,13,16H,2-3,6,8H2,1H3. The summed E-state index contributed by atoms with van der Waals surface area (Å²) in [6.45, 7) is 1.11. The van der Waals surface area contributed by atoms with Crippen LogP contribution in [0.25, 0.3) is 0 Å². The summed E-state index contributed by atoms with van der Waals surface area (Å²) in [5.41, 5.74) is 1.30. The van der Waals surface area contributed by atoms with Gasteiger partial charge in [-0.2, -0.15) is 0 Å². The van der Waals surface area contributed by atoms with E-state index in [0.717, 1.165) is 18.5 Å². The molecular formula is C12H17N3O2. The zero-order chi connectivity index (χ0) is 12.3. The van der Waals surface area contributed by atoms with Gasteiger partial charge < -0.3 is 15.3 Å². The monoisotopic (exact) mass is 235 g/mol. The van der Waals surface area contributed by atoms with Gasteiger partial charge in [0.05, 0.1) is 18.0 Å². The molecule has 1 atom stereocenters. The Kier molecular flexibility index (Phi) is 3.58. The third kappa shape index (κ3) is 2.74. The van der Waals surface area contributed by atoms with Crippen LogP contribution in [0.1, 0.15) is 23.3 Å². The predicted octanol–water partition coefficient (Wildman–Crippen LogP) is 0.720. The largest absolute Gasteiger partial charge is 0.391 e. The molecule has 2 heterocycles. The van der Waals surface area contributed by atoms with Crippen LogP contribution in [0.4, 0.5) is 5.69 Å². The van der Waals surface area contributed by atoms with Crippen molar-refractivity contribution in [3.63, 3.8) is 0 Å². The van der Waals surface area contributed by atoms with E-state index in [4.69, 9.17) is 0 Å². The first-order valence-corrected chi connectivity index (χ1v) is 5.82. The van der Waals surface area contributed by atoms with E-state index < -0.39 is 6.10 Å². The zero-order valence-electron chi connectivity index (χ0n) is 9.89. The maximum absolute atomic E-state index is 12.1. The molecular weight excluding hydrogens is 218 g/mol. The van der Waals surface area contributed by atoms with E-state index in [-0.39, 0.29) is 5.91 Å². The Balaban J connectivity index is 2.07. The van der Waals surface area contributed by atoms with Crippen molar-refractivity contribution in [1.29, 1.82) is 0 Å². The Hall–Kier alpha value is -1.62. The Morgan fingerprint density at radius 2 is 2.41 bits per heavy atom. The van der Waals surface area contributed by atoms with Gasteiger partial charge in [-0.15, -0.1) is 0 Å². The first-order chi connectivity index (χ1) is 8.20. The summed E-state index contributed by atoms with van der Waals surface area (Å²) in [7, 11) is 1.81. The number of hydrogen-bond acceptors (Lipinski definition) is 4. The molecule has 5 nitrogen and oxygen atoms in total. The Labute approximate surface area is 100 Å². The van der Waals surface area contributed by atoms with Crippen molar-refractivity contribution in [2.75, 3.05) is 25.5 Å². The highest BCUT2D eigenvalue weighted by molar-refractivity contribution is 5.92. The summed E-state index contributed by atoms with van der Waals surface area (Å²) in [5.74, 6) is -0.105. The maximum Gasteiger partial charge on any atom is 0.272 e. The third-order valence-corrected chi connectivity index (χ3v) is 2.96. The molecule has 1 aromatic heterocycles. The zero-order valence-corrected chi connectivity index (χ0v) is 9.89. The van der Waals surface area contributed by atoms with Crippen LogP contribution in [0, 0.1) is 0 Å². The highest BCUT2D eigenvalue weighted by Gasteiger charge is 2.23. The summed E-state index contributed by atoms with van der Waals surface area (Å²) in [5, 5.41) is 12.5. The second kappa shape index (κ2) is 5.14. The quantitative estimate of drug-likeness (QED) is 0.792. The fourth-order valence-corrected chi connectivity index (χ4v) is 1.97. The number of pyridine rings is 1. The van der Waals surface area contributed by atoms with E-state index >= 15 is 0 Å². The van der Waals surface area contributed by atoms with Crippen molar-refractivity contribution in [3.8, 4) is 0 Å². The number of carbonyl (C=O) groups is 1. The van der Waals surface area contributed by atoms with Gasteiger partial charge in [0.1, 0.15) is 5.69 Å². The molecule has 1 amide bonds. The van der Waals surface area contributed by atoms with Crippen LogP contribution in [0.3, 0.4) is 0 Å². The molecule has 0 saturated carbocycles. The molecule has 1 aliphatic rings. The number of carbonyl (C=O) groups excluding carboxylic acids is 1. The van der Waals surface area contributed by atoms with E-state index in [2.05, 4.69) is 10.3 Å². The topological polar surface area (TPSA) is 65.5 Å². The number of piperidine rings is 1. The summed E-state index contributed by atoms with van der Waals surface area (Å²) in [4.78, 5) is 17.9.